The SMILES string of the molecule is CCC[C@H](N)c1cccc(C(C)C)c1. The van der Waals surface area contributed by atoms with Gasteiger partial charge in [0.2, 0.25) is 0 Å². The normalized spacial score (nSPS) is 13.2. The first kappa shape index (κ1) is 11.3. The standard InChI is InChI=1S/C13H21N/c1-4-6-13(14)12-8-5-7-11(9-12)10(2)3/h5,7-10,13H,4,6,14H2,1-3H3/t13-/m0/s1. The van der Waals surface area contributed by atoms with Crippen molar-refractivity contribution in [2.45, 2.75) is 45.6 Å². The van der Waals surface area contributed by atoms with Gasteiger partial charge >= 0.3 is 0 Å². The molecule has 0 radical (unpaired) electrons. The number of hydrogen-bond acceptors (Lipinski definition) is 1. The predicted molar refractivity (Wildman–Crippen MR) is 62.4 cm³/mol. The molecule has 0 aromatic heterocycles. The van der Waals surface area contributed by atoms with E-state index >= 15 is 0 Å². The van der Waals surface area contributed by atoms with Crippen LogP contribution in [0.2, 0.25) is 0 Å². The second kappa shape index (κ2) is 5.16. The Morgan fingerprint density at radius 2 is 1.86 bits per heavy atom. The molecule has 0 amide bonds. The summed E-state index contributed by atoms with van der Waals surface area (Å²) in [6, 6.07) is 8.86. The highest BCUT2D eigenvalue weighted by Crippen LogP contribution is 2.21. The molecule has 0 aliphatic rings. The van der Waals surface area contributed by atoms with Crippen molar-refractivity contribution in [2.24, 2.45) is 5.73 Å². The van der Waals surface area contributed by atoms with Crippen molar-refractivity contribution >= 4 is 0 Å². The number of rotatable bonds is 4. The van der Waals surface area contributed by atoms with Crippen LogP contribution in [0.25, 0.3) is 0 Å². The van der Waals surface area contributed by atoms with E-state index in [9.17, 15) is 0 Å². The highest BCUT2D eigenvalue weighted by molar-refractivity contribution is 5.27. The molecule has 1 rings (SSSR count). The summed E-state index contributed by atoms with van der Waals surface area (Å²) in [6.07, 6.45) is 2.22. The quantitative estimate of drug-likeness (QED) is 0.773. The fourth-order valence-corrected chi connectivity index (χ4v) is 1.63. The van der Waals surface area contributed by atoms with Crippen molar-refractivity contribution in [3.63, 3.8) is 0 Å². The number of benzene rings is 1. The molecule has 0 aliphatic carbocycles. The molecule has 1 aromatic carbocycles. The van der Waals surface area contributed by atoms with Gasteiger partial charge in [0.15, 0.2) is 0 Å². The van der Waals surface area contributed by atoms with Crippen LogP contribution in [-0.2, 0) is 0 Å². The van der Waals surface area contributed by atoms with Gasteiger partial charge < -0.3 is 5.73 Å². The molecular weight excluding hydrogens is 170 g/mol. The van der Waals surface area contributed by atoms with Crippen LogP contribution in [0.4, 0.5) is 0 Å². The second-order valence-electron chi connectivity index (χ2n) is 4.22. The van der Waals surface area contributed by atoms with Gasteiger partial charge in [0.05, 0.1) is 0 Å². The highest BCUT2D eigenvalue weighted by atomic mass is 14.6. The van der Waals surface area contributed by atoms with Crippen molar-refractivity contribution in [2.75, 3.05) is 0 Å². The van der Waals surface area contributed by atoms with Crippen molar-refractivity contribution in [1.82, 2.24) is 0 Å². The van der Waals surface area contributed by atoms with Crippen molar-refractivity contribution in [3.8, 4) is 0 Å². The minimum atomic E-state index is 0.207. The van der Waals surface area contributed by atoms with E-state index < -0.39 is 0 Å². The molecule has 1 nitrogen and oxygen atoms in total. The fraction of sp³-hybridized carbons (Fsp3) is 0.538. The zero-order valence-corrected chi connectivity index (χ0v) is 9.46. The second-order valence-corrected chi connectivity index (χ2v) is 4.22. The van der Waals surface area contributed by atoms with Crippen LogP contribution in [0, 0.1) is 0 Å². The Kier molecular flexibility index (Phi) is 4.15. The molecule has 0 fully saturated rings. The van der Waals surface area contributed by atoms with Gasteiger partial charge in [-0.25, -0.2) is 0 Å². The van der Waals surface area contributed by atoms with Gasteiger partial charge in [-0.1, -0.05) is 51.5 Å². The first-order chi connectivity index (χ1) is 6.65. The van der Waals surface area contributed by atoms with Gasteiger partial charge in [0.25, 0.3) is 0 Å². The lowest BCUT2D eigenvalue weighted by molar-refractivity contribution is 0.637. The average Bonchev–Trinajstić information content (AvgIpc) is 2.18. The summed E-state index contributed by atoms with van der Waals surface area (Å²) in [5.41, 5.74) is 8.73. The Balaban J connectivity index is 2.82. The fourth-order valence-electron chi connectivity index (χ4n) is 1.63. The molecule has 0 unspecified atom stereocenters. The lowest BCUT2D eigenvalue weighted by Gasteiger charge is -2.13. The van der Waals surface area contributed by atoms with E-state index in [1.165, 1.54) is 11.1 Å². The van der Waals surface area contributed by atoms with Gasteiger partial charge in [0.1, 0.15) is 0 Å². The third-order valence-electron chi connectivity index (χ3n) is 2.61. The van der Waals surface area contributed by atoms with E-state index in [2.05, 4.69) is 45.0 Å². The van der Waals surface area contributed by atoms with Crippen LogP contribution in [0.3, 0.4) is 0 Å². The van der Waals surface area contributed by atoms with Crippen LogP contribution in [0.1, 0.15) is 56.7 Å². The monoisotopic (exact) mass is 191 g/mol. The number of hydrogen-bond donors (Lipinski definition) is 1. The van der Waals surface area contributed by atoms with E-state index in [0.717, 1.165) is 12.8 Å². The Morgan fingerprint density at radius 1 is 1.21 bits per heavy atom. The first-order valence-electron chi connectivity index (χ1n) is 5.50. The van der Waals surface area contributed by atoms with Crippen LogP contribution in [0.15, 0.2) is 24.3 Å². The third kappa shape index (κ3) is 2.85. The molecule has 0 heterocycles. The average molecular weight is 191 g/mol. The molecule has 78 valence electrons. The van der Waals surface area contributed by atoms with Gasteiger partial charge in [-0.15, -0.1) is 0 Å². The van der Waals surface area contributed by atoms with Crippen LogP contribution >= 0.6 is 0 Å². The molecular formula is C13H21N. The molecule has 1 atom stereocenters. The molecule has 0 bridgehead atoms. The maximum Gasteiger partial charge on any atom is 0.0294 e. The van der Waals surface area contributed by atoms with E-state index in [0.29, 0.717) is 5.92 Å². The van der Waals surface area contributed by atoms with Crippen molar-refractivity contribution in [1.29, 1.82) is 0 Å². The maximum absolute atomic E-state index is 6.07. The molecule has 0 saturated heterocycles. The summed E-state index contributed by atoms with van der Waals surface area (Å²) in [7, 11) is 0. The highest BCUT2D eigenvalue weighted by Gasteiger charge is 2.06. The molecule has 1 heteroatoms. The summed E-state index contributed by atoms with van der Waals surface area (Å²) in [6.45, 7) is 6.60. The van der Waals surface area contributed by atoms with Gasteiger partial charge in [-0.05, 0) is 23.5 Å². The lowest BCUT2D eigenvalue weighted by atomic mass is 9.96. The Hall–Kier alpha value is -0.820. The summed E-state index contributed by atoms with van der Waals surface area (Å²) in [4.78, 5) is 0. The van der Waals surface area contributed by atoms with E-state index in [1.54, 1.807) is 0 Å². The van der Waals surface area contributed by atoms with Crippen molar-refractivity contribution < 1.29 is 0 Å². The van der Waals surface area contributed by atoms with Crippen LogP contribution in [0.5, 0.6) is 0 Å². The molecule has 1 aromatic rings. The van der Waals surface area contributed by atoms with Gasteiger partial charge in [-0.2, -0.15) is 0 Å². The Morgan fingerprint density at radius 3 is 2.43 bits per heavy atom. The van der Waals surface area contributed by atoms with E-state index in [-0.39, 0.29) is 6.04 Å². The molecule has 0 spiro atoms. The molecule has 14 heavy (non-hydrogen) atoms. The van der Waals surface area contributed by atoms with Crippen LogP contribution < -0.4 is 5.73 Å². The Bertz CT molecular complexity index is 278. The summed E-state index contributed by atoms with van der Waals surface area (Å²) >= 11 is 0. The smallest absolute Gasteiger partial charge is 0.0294 e. The summed E-state index contributed by atoms with van der Waals surface area (Å²) < 4.78 is 0. The van der Waals surface area contributed by atoms with E-state index in [1.807, 2.05) is 0 Å². The summed E-state index contributed by atoms with van der Waals surface area (Å²) in [5, 5.41) is 0. The lowest BCUT2D eigenvalue weighted by Crippen LogP contribution is -2.10. The molecule has 2 N–H and O–H groups in total. The summed E-state index contributed by atoms with van der Waals surface area (Å²) in [5.74, 6) is 0.587. The minimum Gasteiger partial charge on any atom is -0.324 e. The molecule has 0 aliphatic heterocycles. The van der Waals surface area contributed by atoms with E-state index in [4.69, 9.17) is 5.73 Å². The Labute approximate surface area is 87.3 Å². The zero-order chi connectivity index (χ0) is 10.6. The maximum atomic E-state index is 6.07. The van der Waals surface area contributed by atoms with Gasteiger partial charge in [0, 0.05) is 6.04 Å². The number of nitrogens with two attached hydrogens (primary N) is 1. The largest absolute Gasteiger partial charge is 0.324 e. The zero-order valence-electron chi connectivity index (χ0n) is 9.46. The van der Waals surface area contributed by atoms with Crippen LogP contribution in [-0.4, -0.2) is 0 Å². The van der Waals surface area contributed by atoms with Gasteiger partial charge in [-0.3, -0.25) is 0 Å². The first-order valence-corrected chi connectivity index (χ1v) is 5.50. The third-order valence-corrected chi connectivity index (χ3v) is 2.61. The topological polar surface area (TPSA) is 26.0 Å². The predicted octanol–water partition coefficient (Wildman–Crippen LogP) is 3.61. The van der Waals surface area contributed by atoms with Crippen molar-refractivity contribution in [3.05, 3.63) is 35.4 Å². The molecule has 0 saturated carbocycles. The minimum absolute atomic E-state index is 0.207.